The van der Waals surface area contributed by atoms with E-state index in [2.05, 4.69) is 34.3 Å². The van der Waals surface area contributed by atoms with Crippen LogP contribution >= 0.6 is 0 Å². The highest BCUT2D eigenvalue weighted by atomic mass is 14.2. The van der Waals surface area contributed by atoms with E-state index in [1.807, 2.05) is 0 Å². The Morgan fingerprint density at radius 2 is 1.92 bits per heavy atom. The van der Waals surface area contributed by atoms with Gasteiger partial charge >= 0.3 is 0 Å². The Kier molecular flexibility index (Phi) is 7.03. The van der Waals surface area contributed by atoms with Gasteiger partial charge in [0.25, 0.3) is 0 Å². The second-order valence-electron chi connectivity index (χ2n) is 4.43. The summed E-state index contributed by atoms with van der Waals surface area (Å²) >= 11 is 0. The van der Waals surface area contributed by atoms with E-state index in [1.54, 1.807) is 0 Å². The van der Waals surface area contributed by atoms with Gasteiger partial charge in [0.05, 0.1) is 0 Å². The first-order chi connectivity index (χ1) is 6.11. The fraction of sp³-hybridized carbons (Fsp3) is 0.846. The van der Waals surface area contributed by atoms with E-state index in [0.717, 1.165) is 11.8 Å². The van der Waals surface area contributed by atoms with E-state index in [0.29, 0.717) is 0 Å². The summed E-state index contributed by atoms with van der Waals surface area (Å²) in [6.45, 7) is 13.2. The molecule has 0 saturated heterocycles. The summed E-state index contributed by atoms with van der Waals surface area (Å²) in [5, 5.41) is 0. The zero-order chi connectivity index (χ0) is 10.3. The molecule has 2 atom stereocenters. The number of rotatable bonds is 7. The van der Waals surface area contributed by atoms with Gasteiger partial charge in [0, 0.05) is 0 Å². The van der Waals surface area contributed by atoms with Gasteiger partial charge in [-0.05, 0) is 31.6 Å². The molecule has 0 bridgehead atoms. The quantitative estimate of drug-likeness (QED) is 0.496. The van der Waals surface area contributed by atoms with Gasteiger partial charge in [-0.25, -0.2) is 0 Å². The van der Waals surface area contributed by atoms with Crippen molar-refractivity contribution in [2.24, 2.45) is 11.8 Å². The monoisotopic (exact) mass is 182 g/mol. The molecule has 0 aromatic rings. The van der Waals surface area contributed by atoms with E-state index in [1.165, 1.54) is 37.7 Å². The molecule has 0 heterocycles. The molecule has 0 nitrogen and oxygen atoms in total. The van der Waals surface area contributed by atoms with E-state index in [-0.39, 0.29) is 0 Å². The topological polar surface area (TPSA) is 0 Å². The summed E-state index contributed by atoms with van der Waals surface area (Å²) in [4.78, 5) is 0. The smallest absolute Gasteiger partial charge is 0.0206 e. The van der Waals surface area contributed by atoms with Crippen molar-refractivity contribution in [3.8, 4) is 0 Å². The molecule has 0 aromatic carbocycles. The van der Waals surface area contributed by atoms with Crippen molar-refractivity contribution < 1.29 is 0 Å². The van der Waals surface area contributed by atoms with E-state index < -0.39 is 0 Å². The van der Waals surface area contributed by atoms with Gasteiger partial charge in [-0.1, -0.05) is 52.2 Å². The molecule has 0 fully saturated rings. The Hall–Kier alpha value is -0.260. The Morgan fingerprint density at radius 3 is 2.31 bits per heavy atom. The molecule has 0 heteroatoms. The molecule has 0 aromatic heterocycles. The number of unbranched alkanes of at least 4 members (excludes halogenated alkanes) is 1. The lowest BCUT2D eigenvalue weighted by atomic mass is 9.86. The first-order valence-electron chi connectivity index (χ1n) is 5.77. The van der Waals surface area contributed by atoms with Crippen molar-refractivity contribution in [2.75, 3.05) is 0 Å². The second kappa shape index (κ2) is 7.17. The summed E-state index contributed by atoms with van der Waals surface area (Å²) in [5.74, 6) is 1.63. The largest absolute Gasteiger partial charge is 0.0999 e. The molecule has 0 aliphatic carbocycles. The SMILES string of the molecule is C=C(C)C(CCCC)CC(C)CC. The Morgan fingerprint density at radius 1 is 1.31 bits per heavy atom. The molecule has 0 radical (unpaired) electrons. The van der Waals surface area contributed by atoms with Crippen LogP contribution < -0.4 is 0 Å². The van der Waals surface area contributed by atoms with Crippen molar-refractivity contribution >= 4 is 0 Å². The van der Waals surface area contributed by atoms with Gasteiger partial charge in [-0.3, -0.25) is 0 Å². The van der Waals surface area contributed by atoms with Crippen LogP contribution in [0.1, 0.15) is 59.8 Å². The molecule has 0 aliphatic heterocycles. The second-order valence-corrected chi connectivity index (χ2v) is 4.43. The van der Waals surface area contributed by atoms with Gasteiger partial charge in [-0.15, -0.1) is 0 Å². The van der Waals surface area contributed by atoms with Crippen molar-refractivity contribution in [2.45, 2.75) is 59.8 Å². The highest BCUT2D eigenvalue weighted by Crippen LogP contribution is 2.25. The zero-order valence-electron chi connectivity index (χ0n) is 9.90. The van der Waals surface area contributed by atoms with Crippen molar-refractivity contribution in [1.82, 2.24) is 0 Å². The van der Waals surface area contributed by atoms with Crippen molar-refractivity contribution in [1.29, 1.82) is 0 Å². The molecular weight excluding hydrogens is 156 g/mol. The van der Waals surface area contributed by atoms with Crippen LogP contribution in [-0.4, -0.2) is 0 Å². The van der Waals surface area contributed by atoms with Crippen LogP contribution in [0.15, 0.2) is 12.2 Å². The number of hydrogen-bond donors (Lipinski definition) is 0. The molecule has 0 spiro atoms. The normalized spacial score (nSPS) is 15.4. The molecule has 0 amide bonds. The van der Waals surface area contributed by atoms with Crippen LogP contribution in [0.3, 0.4) is 0 Å². The molecule has 78 valence electrons. The molecule has 0 N–H and O–H groups in total. The summed E-state index contributed by atoms with van der Waals surface area (Å²) in [5.41, 5.74) is 1.38. The minimum absolute atomic E-state index is 0.773. The Bertz CT molecular complexity index is 135. The third kappa shape index (κ3) is 5.90. The third-order valence-electron chi connectivity index (χ3n) is 2.99. The van der Waals surface area contributed by atoms with E-state index in [4.69, 9.17) is 0 Å². The van der Waals surface area contributed by atoms with Gasteiger partial charge in [0.2, 0.25) is 0 Å². The highest BCUT2D eigenvalue weighted by Gasteiger charge is 2.12. The standard InChI is InChI=1S/C13H26/c1-6-8-9-13(11(3)4)10-12(5)7-2/h12-13H,3,6-10H2,1-2,4-5H3. The minimum Gasteiger partial charge on any atom is -0.0999 e. The maximum Gasteiger partial charge on any atom is -0.0206 e. The van der Waals surface area contributed by atoms with Gasteiger partial charge < -0.3 is 0 Å². The van der Waals surface area contributed by atoms with Crippen LogP contribution in [0.25, 0.3) is 0 Å². The molecule has 0 saturated carbocycles. The molecule has 0 aliphatic rings. The average Bonchev–Trinajstić information content (AvgIpc) is 2.11. The van der Waals surface area contributed by atoms with Crippen LogP contribution in [0, 0.1) is 11.8 Å². The lowest BCUT2D eigenvalue weighted by Crippen LogP contribution is -2.07. The van der Waals surface area contributed by atoms with Gasteiger partial charge in [0.1, 0.15) is 0 Å². The van der Waals surface area contributed by atoms with Gasteiger partial charge in [-0.2, -0.15) is 0 Å². The lowest BCUT2D eigenvalue weighted by molar-refractivity contribution is 0.395. The van der Waals surface area contributed by atoms with Crippen molar-refractivity contribution in [3.63, 3.8) is 0 Å². The maximum atomic E-state index is 4.10. The number of allylic oxidation sites excluding steroid dienone is 1. The van der Waals surface area contributed by atoms with Crippen LogP contribution in [0.4, 0.5) is 0 Å². The predicted molar refractivity (Wildman–Crippen MR) is 61.9 cm³/mol. The van der Waals surface area contributed by atoms with E-state index in [9.17, 15) is 0 Å². The van der Waals surface area contributed by atoms with Gasteiger partial charge in [0.15, 0.2) is 0 Å². The third-order valence-corrected chi connectivity index (χ3v) is 2.99. The Labute approximate surface area is 84.4 Å². The minimum atomic E-state index is 0.773. The fourth-order valence-corrected chi connectivity index (χ4v) is 1.67. The lowest BCUT2D eigenvalue weighted by Gasteiger charge is -2.20. The summed E-state index contributed by atoms with van der Waals surface area (Å²) < 4.78 is 0. The summed E-state index contributed by atoms with van der Waals surface area (Å²) in [6, 6.07) is 0. The molecular formula is C13H26. The molecule has 0 rings (SSSR count). The van der Waals surface area contributed by atoms with Crippen molar-refractivity contribution in [3.05, 3.63) is 12.2 Å². The van der Waals surface area contributed by atoms with E-state index >= 15 is 0 Å². The summed E-state index contributed by atoms with van der Waals surface area (Å²) in [7, 11) is 0. The van der Waals surface area contributed by atoms with Crippen LogP contribution in [0.2, 0.25) is 0 Å². The van der Waals surface area contributed by atoms with Crippen LogP contribution in [0.5, 0.6) is 0 Å². The predicted octanol–water partition coefficient (Wildman–Crippen LogP) is 4.81. The Balaban J connectivity index is 3.87. The first-order valence-corrected chi connectivity index (χ1v) is 5.77. The highest BCUT2D eigenvalue weighted by molar-refractivity contribution is 4.96. The maximum absolute atomic E-state index is 4.10. The first kappa shape index (κ1) is 12.7. The molecule has 2 unspecified atom stereocenters. The summed E-state index contributed by atoms with van der Waals surface area (Å²) in [6.07, 6.45) is 6.65. The fourth-order valence-electron chi connectivity index (χ4n) is 1.67. The van der Waals surface area contributed by atoms with Crippen LogP contribution in [-0.2, 0) is 0 Å². The zero-order valence-corrected chi connectivity index (χ0v) is 9.90. The average molecular weight is 182 g/mol. The molecule has 13 heavy (non-hydrogen) atoms. The number of hydrogen-bond acceptors (Lipinski definition) is 0.